The Labute approximate surface area is 183 Å². The van der Waals surface area contributed by atoms with Gasteiger partial charge in [-0.2, -0.15) is 0 Å². The maximum Gasteiger partial charge on any atom is 0.264 e. The van der Waals surface area contributed by atoms with E-state index in [-0.39, 0.29) is 27.7 Å². The Bertz CT molecular complexity index is 1010. The van der Waals surface area contributed by atoms with Gasteiger partial charge in [0, 0.05) is 24.1 Å². The predicted octanol–water partition coefficient (Wildman–Crippen LogP) is 3.14. The van der Waals surface area contributed by atoms with Crippen molar-refractivity contribution in [1.29, 1.82) is 0 Å². The lowest BCUT2D eigenvalue weighted by molar-refractivity contribution is -0.122. The maximum atomic E-state index is 11.6. The number of carbonyl (C=O) groups excluding carboxylic acids is 2. The summed E-state index contributed by atoms with van der Waals surface area (Å²) in [4.78, 5) is 27.1. The number of halogens is 1. The summed E-state index contributed by atoms with van der Waals surface area (Å²) in [5.74, 6) is -0.617. The van der Waals surface area contributed by atoms with E-state index in [1.807, 2.05) is 0 Å². The quantitative estimate of drug-likeness (QED) is 0.462. The fourth-order valence-electron chi connectivity index (χ4n) is 4.54. The third-order valence-corrected chi connectivity index (χ3v) is 7.66. The van der Waals surface area contributed by atoms with Gasteiger partial charge in [0.1, 0.15) is 10.2 Å². The minimum absolute atomic E-state index is 0.000400. The molecule has 8 nitrogen and oxygen atoms in total. The first-order valence-corrected chi connectivity index (χ1v) is 11.0. The minimum atomic E-state index is -0.655. The van der Waals surface area contributed by atoms with Crippen molar-refractivity contribution >= 4 is 40.4 Å². The van der Waals surface area contributed by atoms with Crippen molar-refractivity contribution in [1.82, 2.24) is 20.5 Å². The Morgan fingerprint density at radius 2 is 1.87 bits per heavy atom. The van der Waals surface area contributed by atoms with Crippen LogP contribution in [0.25, 0.3) is 10.6 Å². The third-order valence-electron chi connectivity index (χ3n) is 6.25. The van der Waals surface area contributed by atoms with Crippen LogP contribution in [0.3, 0.4) is 0 Å². The summed E-state index contributed by atoms with van der Waals surface area (Å²) in [5, 5.41) is 17.0. The number of nitrogens with two attached hydrogens (primary N) is 1. The number of primary amides is 1. The Balaban J connectivity index is 1.60. The maximum absolute atomic E-state index is 11.6. The molecular formula is C20H23ClN6O2S. The van der Waals surface area contributed by atoms with Crippen LogP contribution >= 0.6 is 22.9 Å². The van der Waals surface area contributed by atoms with Gasteiger partial charge in [0.2, 0.25) is 5.91 Å². The van der Waals surface area contributed by atoms with Crippen LogP contribution in [0.1, 0.15) is 50.5 Å². The molecule has 0 aliphatic heterocycles. The lowest BCUT2D eigenvalue weighted by atomic mass is 9.57. The van der Waals surface area contributed by atoms with Crippen LogP contribution in [0.4, 0.5) is 5.69 Å². The summed E-state index contributed by atoms with van der Waals surface area (Å²) < 4.78 is 0. The molecule has 0 radical (unpaired) electrons. The van der Waals surface area contributed by atoms with Crippen molar-refractivity contribution in [2.75, 3.05) is 5.32 Å². The SMILES string of the molecule is C=C(Nc1cc(Cl)ncc1-c1nnc(C23CCC(NC(C)=O)(CC2)CC3)s1)C(N)=O. The topological polar surface area (TPSA) is 123 Å². The largest absolute Gasteiger partial charge is 0.364 e. The summed E-state index contributed by atoms with van der Waals surface area (Å²) in [5.41, 5.74) is 6.52. The van der Waals surface area contributed by atoms with Crippen molar-refractivity contribution in [3.05, 3.63) is 34.7 Å². The molecule has 0 unspecified atom stereocenters. The molecule has 10 heteroatoms. The van der Waals surface area contributed by atoms with Gasteiger partial charge in [-0.3, -0.25) is 9.59 Å². The number of carbonyl (C=O) groups is 2. The summed E-state index contributed by atoms with van der Waals surface area (Å²) in [6.45, 7) is 5.22. The zero-order valence-electron chi connectivity index (χ0n) is 16.6. The second-order valence-electron chi connectivity index (χ2n) is 8.17. The highest BCUT2D eigenvalue weighted by molar-refractivity contribution is 7.14. The molecule has 30 heavy (non-hydrogen) atoms. The van der Waals surface area contributed by atoms with Gasteiger partial charge >= 0.3 is 0 Å². The van der Waals surface area contributed by atoms with Gasteiger partial charge in [0.25, 0.3) is 5.91 Å². The standard InChI is InChI=1S/C20H23ClN6O2S/c1-11(16(22)29)24-14-9-15(21)23-10-13(14)17-26-27-18(30-17)19-3-6-20(7-4-19,8-5-19)25-12(2)28/h9-10H,1,3-8H2,2H3,(H2,22,29)(H,23,24)(H,25,28). The molecule has 0 spiro atoms. The Kier molecular flexibility index (Phi) is 5.27. The molecule has 3 aliphatic carbocycles. The van der Waals surface area contributed by atoms with Crippen LogP contribution in [-0.2, 0) is 15.0 Å². The molecule has 5 rings (SSSR count). The monoisotopic (exact) mass is 446 g/mol. The summed E-state index contributed by atoms with van der Waals surface area (Å²) in [7, 11) is 0. The van der Waals surface area contributed by atoms with E-state index in [0.717, 1.165) is 43.5 Å². The number of rotatable bonds is 6. The Hall–Kier alpha value is -2.52. The van der Waals surface area contributed by atoms with Crippen molar-refractivity contribution < 1.29 is 9.59 Å². The molecule has 3 saturated carbocycles. The average Bonchev–Trinajstić information content (AvgIpc) is 3.19. The Morgan fingerprint density at radius 1 is 1.20 bits per heavy atom. The smallest absolute Gasteiger partial charge is 0.264 e. The number of nitrogens with zero attached hydrogens (tertiary/aromatic N) is 3. The third kappa shape index (κ3) is 3.79. The first-order valence-electron chi connectivity index (χ1n) is 9.76. The number of pyridine rings is 1. The number of fused-ring (bicyclic) bond motifs is 3. The molecule has 0 aromatic carbocycles. The number of anilines is 1. The Morgan fingerprint density at radius 3 is 2.47 bits per heavy atom. The number of nitrogens with one attached hydrogen (secondary N) is 2. The van der Waals surface area contributed by atoms with Crippen LogP contribution in [0, 0.1) is 0 Å². The predicted molar refractivity (Wildman–Crippen MR) is 116 cm³/mol. The van der Waals surface area contributed by atoms with Gasteiger partial charge in [-0.1, -0.05) is 29.5 Å². The summed E-state index contributed by atoms with van der Waals surface area (Å²) >= 11 is 7.56. The van der Waals surface area contributed by atoms with Gasteiger partial charge in [-0.15, -0.1) is 10.2 Å². The molecule has 0 saturated heterocycles. The minimum Gasteiger partial charge on any atom is -0.364 e. The number of aromatic nitrogens is 3. The second-order valence-corrected chi connectivity index (χ2v) is 9.54. The zero-order valence-corrected chi connectivity index (χ0v) is 18.2. The van der Waals surface area contributed by atoms with E-state index in [9.17, 15) is 9.59 Å². The van der Waals surface area contributed by atoms with Crippen LogP contribution in [0.5, 0.6) is 0 Å². The molecule has 3 fully saturated rings. The average molecular weight is 447 g/mol. The summed E-state index contributed by atoms with van der Waals surface area (Å²) in [6.07, 6.45) is 7.39. The first kappa shape index (κ1) is 20.7. The molecule has 2 aromatic rings. The highest BCUT2D eigenvalue weighted by Gasteiger charge is 2.51. The van der Waals surface area contributed by atoms with Crippen LogP contribution in [-0.4, -0.2) is 32.5 Å². The molecule has 2 heterocycles. The van der Waals surface area contributed by atoms with E-state index in [4.69, 9.17) is 17.3 Å². The van der Waals surface area contributed by atoms with Crippen molar-refractivity contribution in [3.63, 3.8) is 0 Å². The number of hydrogen-bond acceptors (Lipinski definition) is 7. The van der Waals surface area contributed by atoms with Gasteiger partial charge in [0.05, 0.1) is 16.9 Å². The molecule has 158 valence electrons. The lowest BCUT2D eigenvalue weighted by Crippen LogP contribution is -2.57. The van der Waals surface area contributed by atoms with E-state index in [2.05, 4.69) is 32.4 Å². The van der Waals surface area contributed by atoms with Gasteiger partial charge in [0.15, 0.2) is 5.01 Å². The highest BCUT2D eigenvalue weighted by Crippen LogP contribution is 2.54. The van der Waals surface area contributed by atoms with E-state index in [1.165, 1.54) is 11.3 Å². The van der Waals surface area contributed by atoms with Gasteiger partial charge < -0.3 is 16.4 Å². The lowest BCUT2D eigenvalue weighted by Gasteiger charge is -2.52. The first-order chi connectivity index (χ1) is 14.2. The van der Waals surface area contributed by atoms with E-state index in [1.54, 1.807) is 19.2 Å². The van der Waals surface area contributed by atoms with E-state index < -0.39 is 5.91 Å². The van der Waals surface area contributed by atoms with Gasteiger partial charge in [-0.05, 0) is 44.6 Å². The van der Waals surface area contributed by atoms with Gasteiger partial charge in [-0.25, -0.2) is 4.98 Å². The number of hydrogen-bond donors (Lipinski definition) is 3. The van der Waals surface area contributed by atoms with Crippen molar-refractivity contribution in [2.45, 2.75) is 56.4 Å². The molecular weight excluding hydrogens is 424 g/mol. The highest BCUT2D eigenvalue weighted by atomic mass is 35.5. The van der Waals surface area contributed by atoms with E-state index >= 15 is 0 Å². The fraction of sp³-hybridized carbons (Fsp3) is 0.450. The molecule has 2 bridgehead atoms. The molecule has 4 N–H and O–H groups in total. The molecule has 3 aliphatic rings. The van der Waals surface area contributed by atoms with Crippen LogP contribution in [0.2, 0.25) is 5.15 Å². The normalized spacial score (nSPS) is 25.0. The molecule has 2 aromatic heterocycles. The molecule has 2 amide bonds. The van der Waals surface area contributed by atoms with E-state index in [0.29, 0.717) is 16.3 Å². The molecule has 0 atom stereocenters. The zero-order chi connectivity index (χ0) is 21.5. The van der Waals surface area contributed by atoms with Crippen LogP contribution in [0.15, 0.2) is 24.5 Å². The second kappa shape index (κ2) is 7.63. The fourth-order valence-corrected chi connectivity index (χ4v) is 5.84. The number of amides is 2. The summed E-state index contributed by atoms with van der Waals surface area (Å²) in [6, 6.07) is 1.60. The van der Waals surface area contributed by atoms with Crippen molar-refractivity contribution in [2.24, 2.45) is 5.73 Å². The van der Waals surface area contributed by atoms with Crippen LogP contribution < -0.4 is 16.4 Å². The van der Waals surface area contributed by atoms with Crippen molar-refractivity contribution in [3.8, 4) is 10.6 Å².